The Morgan fingerprint density at radius 2 is 1.58 bits per heavy atom. The van der Waals surface area contributed by atoms with E-state index >= 15 is 0 Å². The highest BCUT2D eigenvalue weighted by Crippen LogP contribution is 2.59. The average molecular weight is 266 g/mol. The highest BCUT2D eigenvalue weighted by atomic mass is 16.6. The van der Waals surface area contributed by atoms with E-state index in [0.717, 1.165) is 37.5 Å². The van der Waals surface area contributed by atoms with Gasteiger partial charge in [0.1, 0.15) is 5.60 Å². The number of aliphatic carboxylic acids is 1. The fourth-order valence-corrected chi connectivity index (χ4v) is 4.69. The number of carbonyl (C=O) groups is 2. The Balaban J connectivity index is 1.76. The van der Waals surface area contributed by atoms with Gasteiger partial charge in [-0.1, -0.05) is 0 Å². The summed E-state index contributed by atoms with van der Waals surface area (Å²) in [5.74, 6) is -0.228. The molecule has 1 unspecified atom stereocenters. The minimum atomic E-state index is -1.10. The Kier molecular flexibility index (Phi) is 2.88. The molecule has 0 radical (unpaired) electrons. The van der Waals surface area contributed by atoms with Crippen LogP contribution in [0.2, 0.25) is 0 Å². The first-order chi connectivity index (χ1) is 8.90. The molecule has 4 bridgehead atoms. The lowest BCUT2D eigenvalue weighted by atomic mass is 9.50. The molecule has 0 heterocycles. The van der Waals surface area contributed by atoms with Gasteiger partial charge >= 0.3 is 11.9 Å². The van der Waals surface area contributed by atoms with Crippen LogP contribution in [0.3, 0.4) is 0 Å². The van der Waals surface area contributed by atoms with E-state index < -0.39 is 23.5 Å². The molecule has 4 aliphatic rings. The van der Waals surface area contributed by atoms with Crippen LogP contribution in [0.4, 0.5) is 0 Å². The fraction of sp³-hybridized carbons (Fsp3) is 0.867. The molecule has 4 rings (SSSR count). The van der Waals surface area contributed by atoms with Gasteiger partial charge in [-0.3, -0.25) is 9.59 Å². The molecule has 1 atom stereocenters. The van der Waals surface area contributed by atoms with Gasteiger partial charge in [-0.2, -0.15) is 0 Å². The standard InChI is InChI=1S/C15H22O4/c1-8(13(16)17)14(18)19-15(2)11-4-9-3-10(6-11)7-12(15)5-9/h8-12H,3-7H2,1-2H3,(H,16,17). The van der Waals surface area contributed by atoms with Crippen molar-refractivity contribution in [1.29, 1.82) is 0 Å². The summed E-state index contributed by atoms with van der Waals surface area (Å²) in [5, 5.41) is 8.92. The van der Waals surface area contributed by atoms with E-state index in [1.807, 2.05) is 6.92 Å². The van der Waals surface area contributed by atoms with Crippen molar-refractivity contribution >= 4 is 11.9 Å². The molecule has 0 spiro atoms. The largest absolute Gasteiger partial charge is 0.481 e. The zero-order valence-corrected chi connectivity index (χ0v) is 11.6. The fourth-order valence-electron chi connectivity index (χ4n) is 4.69. The van der Waals surface area contributed by atoms with E-state index in [9.17, 15) is 9.59 Å². The maximum atomic E-state index is 12.0. The number of carboxylic acid groups (broad SMARTS) is 1. The van der Waals surface area contributed by atoms with Crippen LogP contribution in [0.5, 0.6) is 0 Å². The van der Waals surface area contributed by atoms with Crippen LogP contribution in [0.25, 0.3) is 0 Å². The van der Waals surface area contributed by atoms with E-state index in [4.69, 9.17) is 9.84 Å². The van der Waals surface area contributed by atoms with Gasteiger partial charge in [0.05, 0.1) is 0 Å². The minimum Gasteiger partial charge on any atom is -0.481 e. The van der Waals surface area contributed by atoms with Crippen molar-refractivity contribution in [2.75, 3.05) is 0 Å². The maximum absolute atomic E-state index is 12.0. The van der Waals surface area contributed by atoms with E-state index in [0.29, 0.717) is 11.8 Å². The van der Waals surface area contributed by atoms with Gasteiger partial charge in [0.25, 0.3) is 0 Å². The third-order valence-electron chi connectivity index (χ3n) is 5.80. The summed E-state index contributed by atoms with van der Waals surface area (Å²) < 4.78 is 5.72. The molecule has 4 heteroatoms. The molecular formula is C15H22O4. The number of carboxylic acids is 1. The zero-order valence-electron chi connectivity index (χ0n) is 11.6. The molecule has 0 aromatic heterocycles. The Hall–Kier alpha value is -1.06. The van der Waals surface area contributed by atoms with Crippen LogP contribution in [0.1, 0.15) is 46.0 Å². The molecule has 19 heavy (non-hydrogen) atoms. The second-order valence-corrected chi connectivity index (χ2v) is 6.97. The first-order valence-corrected chi connectivity index (χ1v) is 7.35. The predicted molar refractivity (Wildman–Crippen MR) is 68.3 cm³/mol. The lowest BCUT2D eigenvalue weighted by Crippen LogP contribution is -2.58. The normalized spacial score (nSPS) is 44.9. The lowest BCUT2D eigenvalue weighted by molar-refractivity contribution is -0.207. The molecule has 1 N–H and O–H groups in total. The van der Waals surface area contributed by atoms with Crippen LogP contribution in [0.15, 0.2) is 0 Å². The highest BCUT2D eigenvalue weighted by molar-refractivity contribution is 5.93. The molecule has 4 saturated carbocycles. The van der Waals surface area contributed by atoms with Crippen molar-refractivity contribution < 1.29 is 19.4 Å². The summed E-state index contributed by atoms with van der Waals surface area (Å²) in [4.78, 5) is 22.9. The second kappa shape index (κ2) is 4.22. The summed E-state index contributed by atoms with van der Waals surface area (Å²) >= 11 is 0. The highest BCUT2D eigenvalue weighted by Gasteiger charge is 2.57. The molecule has 0 aromatic carbocycles. The van der Waals surface area contributed by atoms with Crippen molar-refractivity contribution in [3.8, 4) is 0 Å². The summed E-state index contributed by atoms with van der Waals surface area (Å²) in [6.45, 7) is 3.44. The van der Waals surface area contributed by atoms with Crippen molar-refractivity contribution in [1.82, 2.24) is 0 Å². The van der Waals surface area contributed by atoms with Crippen molar-refractivity contribution in [3.05, 3.63) is 0 Å². The van der Waals surface area contributed by atoms with Crippen LogP contribution in [0, 0.1) is 29.6 Å². The number of carbonyl (C=O) groups excluding carboxylic acids is 1. The Labute approximate surface area is 113 Å². The number of hydrogen-bond donors (Lipinski definition) is 1. The van der Waals surface area contributed by atoms with E-state index in [1.54, 1.807) is 0 Å². The van der Waals surface area contributed by atoms with Gasteiger partial charge in [0.2, 0.25) is 0 Å². The van der Waals surface area contributed by atoms with Gasteiger partial charge in [0, 0.05) is 0 Å². The van der Waals surface area contributed by atoms with Crippen LogP contribution in [-0.4, -0.2) is 22.6 Å². The quantitative estimate of drug-likeness (QED) is 0.629. The maximum Gasteiger partial charge on any atom is 0.320 e. The van der Waals surface area contributed by atoms with Crippen LogP contribution in [-0.2, 0) is 14.3 Å². The first kappa shape index (κ1) is 12.9. The predicted octanol–water partition coefficient (Wildman–Crippen LogP) is 2.47. The average Bonchev–Trinajstić information content (AvgIpc) is 2.34. The molecule has 4 nitrogen and oxygen atoms in total. The van der Waals surface area contributed by atoms with Gasteiger partial charge < -0.3 is 9.84 Å². The second-order valence-electron chi connectivity index (χ2n) is 6.97. The Morgan fingerprint density at radius 3 is 2.00 bits per heavy atom. The number of hydrogen-bond acceptors (Lipinski definition) is 3. The molecule has 0 aliphatic heterocycles. The number of rotatable bonds is 3. The van der Waals surface area contributed by atoms with E-state index in [1.165, 1.54) is 13.3 Å². The zero-order chi connectivity index (χ0) is 13.8. The summed E-state index contributed by atoms with van der Waals surface area (Å²) in [7, 11) is 0. The number of esters is 1. The van der Waals surface area contributed by atoms with Crippen molar-refractivity contribution in [2.45, 2.75) is 51.6 Å². The van der Waals surface area contributed by atoms with Crippen LogP contribution >= 0.6 is 0 Å². The van der Waals surface area contributed by atoms with E-state index in [2.05, 4.69) is 0 Å². The Bertz CT molecular complexity index is 386. The van der Waals surface area contributed by atoms with Crippen molar-refractivity contribution in [3.63, 3.8) is 0 Å². The summed E-state index contributed by atoms with van der Waals surface area (Å²) in [6.07, 6.45) is 5.95. The number of ether oxygens (including phenoxy) is 1. The third kappa shape index (κ3) is 1.96. The molecule has 4 aliphatic carbocycles. The summed E-state index contributed by atoms with van der Waals surface area (Å²) in [6, 6.07) is 0. The molecule has 0 amide bonds. The SMILES string of the molecule is CC(C(=O)O)C(=O)OC1(C)C2CC3CC(C2)CC1C3. The smallest absolute Gasteiger partial charge is 0.320 e. The minimum absolute atomic E-state index is 0.422. The molecule has 106 valence electrons. The van der Waals surface area contributed by atoms with Gasteiger partial charge in [0.15, 0.2) is 5.92 Å². The first-order valence-electron chi connectivity index (χ1n) is 7.35. The van der Waals surface area contributed by atoms with Crippen LogP contribution < -0.4 is 0 Å². The monoisotopic (exact) mass is 266 g/mol. The third-order valence-corrected chi connectivity index (χ3v) is 5.80. The Morgan fingerprint density at radius 1 is 1.11 bits per heavy atom. The van der Waals surface area contributed by atoms with Crippen molar-refractivity contribution in [2.24, 2.45) is 29.6 Å². The van der Waals surface area contributed by atoms with Gasteiger partial charge in [-0.15, -0.1) is 0 Å². The van der Waals surface area contributed by atoms with E-state index in [-0.39, 0.29) is 0 Å². The summed E-state index contributed by atoms with van der Waals surface area (Å²) in [5.41, 5.74) is -0.422. The molecule has 4 fully saturated rings. The molecule has 0 aromatic rings. The molecule has 0 saturated heterocycles. The topological polar surface area (TPSA) is 63.6 Å². The molecular weight excluding hydrogens is 244 g/mol. The van der Waals surface area contributed by atoms with Gasteiger partial charge in [-0.25, -0.2) is 0 Å². The lowest BCUT2D eigenvalue weighted by Gasteiger charge is -2.59. The van der Waals surface area contributed by atoms with Gasteiger partial charge in [-0.05, 0) is 69.6 Å².